The van der Waals surface area contributed by atoms with Crippen molar-refractivity contribution in [3.63, 3.8) is 0 Å². The molecule has 2 heterocycles. The van der Waals surface area contributed by atoms with Gasteiger partial charge in [0.05, 0.1) is 13.0 Å². The van der Waals surface area contributed by atoms with Gasteiger partial charge in [0.2, 0.25) is 5.91 Å². The number of carbonyl (C=O) groups excluding carboxylic acids is 2. The van der Waals surface area contributed by atoms with Crippen LogP contribution in [0, 0.1) is 6.92 Å². The number of hydrogen-bond donors (Lipinski definition) is 2. The molecule has 1 amide bonds. The molecule has 2 saturated heterocycles. The number of ether oxygens (including phenoxy) is 1. The van der Waals surface area contributed by atoms with E-state index in [4.69, 9.17) is 4.74 Å². The molecule has 1 aromatic rings. The summed E-state index contributed by atoms with van der Waals surface area (Å²) in [7, 11) is 0. The van der Waals surface area contributed by atoms with E-state index in [2.05, 4.69) is 51.6 Å². The second-order valence-corrected chi connectivity index (χ2v) is 6.91. The molecular weight excluding hydrogens is 332 g/mol. The summed E-state index contributed by atoms with van der Waals surface area (Å²) in [5.41, 5.74) is 2.49. The fourth-order valence-electron chi connectivity index (χ4n) is 3.50. The molecule has 2 unspecified atom stereocenters. The van der Waals surface area contributed by atoms with E-state index in [1.165, 1.54) is 11.3 Å². The monoisotopic (exact) mass is 360 g/mol. The van der Waals surface area contributed by atoms with Crippen LogP contribution in [-0.4, -0.2) is 61.9 Å². The number of carbonyl (C=O) groups is 2. The van der Waals surface area contributed by atoms with Crippen molar-refractivity contribution >= 4 is 17.6 Å². The minimum absolute atomic E-state index is 0.0241. The molecular formula is C19H28N4O3. The summed E-state index contributed by atoms with van der Waals surface area (Å²) in [6.07, 6.45) is 0.301. The number of benzene rings is 1. The van der Waals surface area contributed by atoms with Crippen LogP contribution >= 0.6 is 0 Å². The topological polar surface area (TPSA) is 73.9 Å². The number of amides is 1. The van der Waals surface area contributed by atoms with Crippen molar-refractivity contribution in [2.45, 2.75) is 39.0 Å². The number of esters is 1. The molecule has 0 spiro atoms. The van der Waals surface area contributed by atoms with Gasteiger partial charge in [-0.05, 0) is 26.0 Å². The van der Waals surface area contributed by atoms with Gasteiger partial charge in [-0.25, -0.2) is 0 Å². The summed E-state index contributed by atoms with van der Waals surface area (Å²) in [4.78, 5) is 28.3. The number of hydrogen-bond acceptors (Lipinski definition) is 6. The average molecular weight is 360 g/mol. The van der Waals surface area contributed by atoms with Crippen LogP contribution in [-0.2, 0) is 14.3 Å². The molecule has 2 aliphatic rings. The highest BCUT2D eigenvalue weighted by Crippen LogP contribution is 2.18. The minimum Gasteiger partial charge on any atom is -0.466 e. The van der Waals surface area contributed by atoms with Gasteiger partial charge in [-0.1, -0.05) is 17.7 Å². The molecule has 2 fully saturated rings. The van der Waals surface area contributed by atoms with Crippen molar-refractivity contribution in [1.29, 1.82) is 0 Å². The first-order valence-electron chi connectivity index (χ1n) is 9.32. The van der Waals surface area contributed by atoms with E-state index in [9.17, 15) is 9.59 Å². The van der Waals surface area contributed by atoms with Gasteiger partial charge in [0, 0.05) is 44.3 Å². The second kappa shape index (κ2) is 8.51. The van der Waals surface area contributed by atoms with Crippen molar-refractivity contribution < 1.29 is 14.3 Å². The molecule has 7 heteroatoms. The predicted molar refractivity (Wildman–Crippen MR) is 99.7 cm³/mol. The lowest BCUT2D eigenvalue weighted by molar-refractivity contribution is -0.144. The van der Waals surface area contributed by atoms with E-state index >= 15 is 0 Å². The van der Waals surface area contributed by atoms with Gasteiger partial charge in [0.15, 0.2) is 0 Å². The Morgan fingerprint density at radius 2 is 1.88 bits per heavy atom. The van der Waals surface area contributed by atoms with Crippen LogP contribution in [0.25, 0.3) is 0 Å². The van der Waals surface area contributed by atoms with Crippen LogP contribution in [0.4, 0.5) is 5.69 Å². The summed E-state index contributed by atoms with van der Waals surface area (Å²) in [6.45, 7) is 7.73. The van der Waals surface area contributed by atoms with Crippen LogP contribution in [0.1, 0.15) is 25.3 Å². The number of anilines is 1. The van der Waals surface area contributed by atoms with Gasteiger partial charge in [-0.2, -0.15) is 0 Å². The summed E-state index contributed by atoms with van der Waals surface area (Å²) < 4.78 is 5.00. The predicted octanol–water partition coefficient (Wildman–Crippen LogP) is 0.832. The van der Waals surface area contributed by atoms with Gasteiger partial charge in [0.1, 0.15) is 6.29 Å². The largest absolute Gasteiger partial charge is 0.466 e. The summed E-state index contributed by atoms with van der Waals surface area (Å²) >= 11 is 0. The zero-order valence-corrected chi connectivity index (χ0v) is 15.5. The minimum atomic E-state index is -0.261. The van der Waals surface area contributed by atoms with Crippen molar-refractivity contribution in [3.05, 3.63) is 29.8 Å². The molecule has 0 radical (unpaired) electrons. The third-order valence-electron chi connectivity index (χ3n) is 4.92. The SMILES string of the molecule is CCOC(=O)CC1CC(=O)NC(N2CCN(c3ccc(C)cc3)CC2)N1. The lowest BCUT2D eigenvalue weighted by Crippen LogP contribution is -2.66. The molecule has 2 aliphatic heterocycles. The van der Waals surface area contributed by atoms with Gasteiger partial charge in [0.25, 0.3) is 0 Å². The van der Waals surface area contributed by atoms with Gasteiger partial charge in [-0.3, -0.25) is 19.8 Å². The Morgan fingerprint density at radius 3 is 2.54 bits per heavy atom. The van der Waals surface area contributed by atoms with Crippen LogP contribution in [0.5, 0.6) is 0 Å². The highest BCUT2D eigenvalue weighted by atomic mass is 16.5. The molecule has 142 valence electrons. The Hall–Kier alpha value is -2.12. The maximum absolute atomic E-state index is 12.0. The van der Waals surface area contributed by atoms with E-state index in [1.54, 1.807) is 6.92 Å². The van der Waals surface area contributed by atoms with E-state index in [-0.39, 0.29) is 30.6 Å². The van der Waals surface area contributed by atoms with Crippen LogP contribution < -0.4 is 15.5 Å². The lowest BCUT2D eigenvalue weighted by atomic mass is 10.1. The van der Waals surface area contributed by atoms with E-state index in [1.807, 2.05) is 0 Å². The van der Waals surface area contributed by atoms with E-state index in [0.29, 0.717) is 13.0 Å². The Balaban J connectivity index is 1.53. The lowest BCUT2D eigenvalue weighted by Gasteiger charge is -2.43. The van der Waals surface area contributed by atoms with Gasteiger partial charge < -0.3 is 15.0 Å². The zero-order chi connectivity index (χ0) is 18.5. The Labute approximate surface area is 154 Å². The van der Waals surface area contributed by atoms with Crippen LogP contribution in [0.15, 0.2) is 24.3 Å². The van der Waals surface area contributed by atoms with Gasteiger partial charge in [-0.15, -0.1) is 0 Å². The van der Waals surface area contributed by atoms with Crippen molar-refractivity contribution in [1.82, 2.24) is 15.5 Å². The summed E-state index contributed by atoms with van der Waals surface area (Å²) in [6, 6.07) is 8.39. The number of rotatable bonds is 5. The van der Waals surface area contributed by atoms with Crippen molar-refractivity contribution in [2.24, 2.45) is 0 Å². The Kier molecular flexibility index (Phi) is 6.11. The molecule has 2 atom stereocenters. The molecule has 0 bridgehead atoms. The Morgan fingerprint density at radius 1 is 1.19 bits per heavy atom. The molecule has 0 saturated carbocycles. The van der Waals surface area contributed by atoms with Crippen molar-refractivity contribution in [2.75, 3.05) is 37.7 Å². The highest BCUT2D eigenvalue weighted by Gasteiger charge is 2.32. The number of nitrogens with one attached hydrogen (secondary N) is 2. The van der Waals surface area contributed by atoms with E-state index in [0.717, 1.165) is 26.2 Å². The van der Waals surface area contributed by atoms with Crippen LogP contribution in [0.2, 0.25) is 0 Å². The fraction of sp³-hybridized carbons (Fsp3) is 0.579. The molecule has 2 N–H and O–H groups in total. The molecule has 0 aromatic heterocycles. The maximum Gasteiger partial charge on any atom is 0.307 e. The standard InChI is InChI=1S/C19H28N4O3/c1-3-26-18(25)13-15-12-17(24)21-19(20-15)23-10-8-22(9-11-23)16-6-4-14(2)5-7-16/h4-7,15,19-20H,3,8-13H2,1-2H3,(H,21,24). The molecule has 7 nitrogen and oxygen atoms in total. The smallest absolute Gasteiger partial charge is 0.307 e. The first kappa shape index (κ1) is 18.7. The summed E-state index contributed by atoms with van der Waals surface area (Å²) in [5.74, 6) is -0.286. The third kappa shape index (κ3) is 4.74. The number of nitrogens with zero attached hydrogens (tertiary/aromatic N) is 2. The first-order chi connectivity index (χ1) is 12.5. The first-order valence-corrected chi connectivity index (χ1v) is 9.32. The number of aryl methyl sites for hydroxylation is 1. The van der Waals surface area contributed by atoms with E-state index < -0.39 is 0 Å². The maximum atomic E-state index is 12.0. The third-order valence-corrected chi connectivity index (χ3v) is 4.92. The van der Waals surface area contributed by atoms with Crippen molar-refractivity contribution in [3.8, 4) is 0 Å². The summed E-state index contributed by atoms with van der Waals surface area (Å²) in [5, 5.41) is 6.37. The van der Waals surface area contributed by atoms with Gasteiger partial charge >= 0.3 is 5.97 Å². The molecule has 1 aromatic carbocycles. The fourth-order valence-corrected chi connectivity index (χ4v) is 3.50. The number of piperazine rings is 1. The molecule has 3 rings (SSSR count). The molecule has 26 heavy (non-hydrogen) atoms. The quantitative estimate of drug-likeness (QED) is 0.758. The zero-order valence-electron chi connectivity index (χ0n) is 15.5. The Bertz CT molecular complexity index is 626. The second-order valence-electron chi connectivity index (χ2n) is 6.91. The van der Waals surface area contributed by atoms with Crippen LogP contribution in [0.3, 0.4) is 0 Å². The molecule has 0 aliphatic carbocycles. The highest BCUT2D eigenvalue weighted by molar-refractivity contribution is 5.79. The average Bonchev–Trinajstić information content (AvgIpc) is 2.62. The normalized spacial score (nSPS) is 24.2.